The van der Waals surface area contributed by atoms with E-state index in [0.717, 1.165) is 5.75 Å². The van der Waals surface area contributed by atoms with E-state index >= 15 is 0 Å². The molecule has 2 aromatic rings. The quantitative estimate of drug-likeness (QED) is 0.692. The van der Waals surface area contributed by atoms with E-state index < -0.39 is 5.25 Å². The minimum absolute atomic E-state index is 0.00941. The van der Waals surface area contributed by atoms with Gasteiger partial charge in [0, 0.05) is 25.2 Å². The van der Waals surface area contributed by atoms with E-state index in [1.807, 2.05) is 30.3 Å². The van der Waals surface area contributed by atoms with Gasteiger partial charge in [0.15, 0.2) is 0 Å². The molecule has 8 nitrogen and oxygen atoms in total. The molecule has 0 unspecified atom stereocenters. The van der Waals surface area contributed by atoms with Crippen molar-refractivity contribution in [1.29, 1.82) is 0 Å². The number of aliphatic imine (C=N–C) groups is 1. The molecule has 2 heterocycles. The van der Waals surface area contributed by atoms with Crippen molar-refractivity contribution in [3.63, 3.8) is 0 Å². The Morgan fingerprint density at radius 1 is 1.06 bits per heavy atom. The number of hydrogen-bond donors (Lipinski definition) is 1. The molecule has 32 heavy (non-hydrogen) atoms. The Kier molecular flexibility index (Phi) is 7.18. The van der Waals surface area contributed by atoms with Crippen LogP contribution in [0, 0.1) is 0 Å². The number of morpholine rings is 1. The largest absolute Gasteiger partial charge is 0.457 e. The van der Waals surface area contributed by atoms with Gasteiger partial charge in [0.2, 0.25) is 11.8 Å². The van der Waals surface area contributed by atoms with Crippen molar-refractivity contribution in [2.45, 2.75) is 18.1 Å². The number of ether oxygens (including phenoxy) is 2. The first-order valence-electron chi connectivity index (χ1n) is 10.3. The average Bonchev–Trinajstić information content (AvgIpc) is 3.14. The van der Waals surface area contributed by atoms with Gasteiger partial charge in [-0.2, -0.15) is 0 Å². The normalized spacial score (nSPS) is 18.2. The zero-order valence-corrected chi connectivity index (χ0v) is 18.2. The second kappa shape index (κ2) is 10.4. The van der Waals surface area contributed by atoms with Crippen LogP contribution in [0.25, 0.3) is 0 Å². The summed E-state index contributed by atoms with van der Waals surface area (Å²) in [4.78, 5) is 42.7. The monoisotopic (exact) mass is 453 g/mol. The van der Waals surface area contributed by atoms with Gasteiger partial charge in [-0.1, -0.05) is 30.0 Å². The molecule has 0 radical (unpaired) electrons. The molecule has 2 aliphatic rings. The summed E-state index contributed by atoms with van der Waals surface area (Å²) in [7, 11) is 0. The highest BCUT2D eigenvalue weighted by Gasteiger charge is 2.32. The molecule has 0 bridgehead atoms. The van der Waals surface area contributed by atoms with Gasteiger partial charge in [0.25, 0.3) is 5.91 Å². The summed E-state index contributed by atoms with van der Waals surface area (Å²) in [5.74, 6) is 0.642. The van der Waals surface area contributed by atoms with Crippen LogP contribution < -0.4 is 10.1 Å². The predicted molar refractivity (Wildman–Crippen MR) is 122 cm³/mol. The summed E-state index contributed by atoms with van der Waals surface area (Å²) in [6, 6.07) is 16.4. The van der Waals surface area contributed by atoms with Crippen LogP contribution in [-0.2, 0) is 19.1 Å². The third-order valence-corrected chi connectivity index (χ3v) is 6.10. The van der Waals surface area contributed by atoms with Crippen molar-refractivity contribution in [2.24, 2.45) is 4.99 Å². The first kappa shape index (κ1) is 22.0. The predicted octanol–water partition coefficient (Wildman–Crippen LogP) is 3.10. The van der Waals surface area contributed by atoms with Crippen LogP contribution in [0.5, 0.6) is 11.5 Å². The molecule has 2 aromatic carbocycles. The van der Waals surface area contributed by atoms with Crippen molar-refractivity contribution in [3.05, 3.63) is 54.6 Å². The minimum atomic E-state index is -0.608. The minimum Gasteiger partial charge on any atom is -0.457 e. The Morgan fingerprint density at radius 2 is 1.75 bits per heavy atom. The van der Waals surface area contributed by atoms with Gasteiger partial charge in [0.05, 0.1) is 24.7 Å². The summed E-state index contributed by atoms with van der Waals surface area (Å²) in [6.07, 6.45) is 0.0713. The first-order valence-corrected chi connectivity index (χ1v) is 11.2. The van der Waals surface area contributed by atoms with E-state index in [1.54, 1.807) is 29.2 Å². The van der Waals surface area contributed by atoms with Gasteiger partial charge < -0.3 is 19.7 Å². The Labute approximate surface area is 190 Å². The lowest BCUT2D eigenvalue weighted by Crippen LogP contribution is -2.41. The number of amides is 3. The summed E-state index contributed by atoms with van der Waals surface area (Å²) in [5, 5.41) is 2.64. The zero-order chi connectivity index (χ0) is 22.3. The van der Waals surface area contributed by atoms with E-state index in [0.29, 0.717) is 42.8 Å². The highest BCUT2D eigenvalue weighted by atomic mass is 32.2. The molecule has 0 saturated carbocycles. The lowest BCUT2D eigenvalue weighted by atomic mass is 10.2. The molecule has 166 valence electrons. The number of carbonyl (C=O) groups excluding carboxylic acids is 3. The van der Waals surface area contributed by atoms with E-state index in [1.165, 1.54) is 11.8 Å². The maximum Gasteiger partial charge on any atom is 0.260 e. The molecule has 1 N–H and O–H groups in total. The summed E-state index contributed by atoms with van der Waals surface area (Å²) >= 11 is 1.19. The van der Waals surface area contributed by atoms with Crippen LogP contribution in [0.3, 0.4) is 0 Å². The number of nitrogens with zero attached hydrogens (tertiary/aromatic N) is 2. The Balaban J connectivity index is 1.24. The Bertz CT molecular complexity index is 1000. The molecular formula is C23H23N3O5S. The van der Waals surface area contributed by atoms with Gasteiger partial charge in [-0.3, -0.25) is 14.4 Å². The second-order valence-corrected chi connectivity index (χ2v) is 8.59. The summed E-state index contributed by atoms with van der Waals surface area (Å²) in [5.41, 5.74) is 0.606. The summed E-state index contributed by atoms with van der Waals surface area (Å²) < 4.78 is 11.0. The van der Waals surface area contributed by atoms with E-state index in [-0.39, 0.29) is 30.6 Å². The van der Waals surface area contributed by atoms with Gasteiger partial charge in [0.1, 0.15) is 16.7 Å². The molecule has 9 heteroatoms. The fourth-order valence-electron chi connectivity index (χ4n) is 3.31. The lowest BCUT2D eigenvalue weighted by molar-refractivity contribution is -0.133. The molecule has 2 aliphatic heterocycles. The number of rotatable bonds is 7. The molecule has 1 saturated heterocycles. The Morgan fingerprint density at radius 3 is 2.47 bits per heavy atom. The molecule has 0 aromatic heterocycles. The van der Waals surface area contributed by atoms with E-state index in [4.69, 9.17) is 9.47 Å². The van der Waals surface area contributed by atoms with Gasteiger partial charge in [-0.05, 0) is 36.4 Å². The van der Waals surface area contributed by atoms with E-state index in [9.17, 15) is 14.4 Å². The molecule has 1 atom stereocenters. The molecule has 0 aliphatic carbocycles. The lowest BCUT2D eigenvalue weighted by Gasteiger charge is -2.26. The van der Waals surface area contributed by atoms with Gasteiger partial charge >= 0.3 is 0 Å². The number of thioether (sulfide) groups is 1. The number of carbonyl (C=O) groups is 3. The average molecular weight is 454 g/mol. The fourth-order valence-corrected chi connectivity index (χ4v) is 4.38. The zero-order valence-electron chi connectivity index (χ0n) is 17.4. The highest BCUT2D eigenvalue weighted by molar-refractivity contribution is 8.15. The van der Waals surface area contributed by atoms with Gasteiger partial charge in [-0.25, -0.2) is 4.99 Å². The molecular weight excluding hydrogens is 430 g/mol. The number of hydrogen-bond acceptors (Lipinski definition) is 6. The molecule has 0 spiro atoms. The molecule has 3 amide bonds. The third-order valence-electron chi connectivity index (χ3n) is 4.94. The van der Waals surface area contributed by atoms with Crippen molar-refractivity contribution < 1.29 is 23.9 Å². The van der Waals surface area contributed by atoms with Crippen LogP contribution in [0.15, 0.2) is 59.6 Å². The molecule has 1 fully saturated rings. The van der Waals surface area contributed by atoms with Crippen molar-refractivity contribution in [3.8, 4) is 11.5 Å². The number of para-hydroxylation sites is 1. The molecule has 4 rings (SSSR count). The van der Waals surface area contributed by atoms with Crippen molar-refractivity contribution in [1.82, 2.24) is 4.90 Å². The smallest absolute Gasteiger partial charge is 0.260 e. The van der Waals surface area contributed by atoms with Crippen LogP contribution in [0.2, 0.25) is 0 Å². The number of benzene rings is 2. The van der Waals surface area contributed by atoms with Crippen LogP contribution in [0.4, 0.5) is 5.69 Å². The van der Waals surface area contributed by atoms with E-state index in [2.05, 4.69) is 10.3 Å². The number of anilines is 1. The maximum absolute atomic E-state index is 12.4. The highest BCUT2D eigenvalue weighted by Crippen LogP contribution is 2.28. The topological polar surface area (TPSA) is 97.3 Å². The van der Waals surface area contributed by atoms with Crippen LogP contribution in [0.1, 0.15) is 12.8 Å². The third kappa shape index (κ3) is 5.95. The maximum atomic E-state index is 12.4. The standard InChI is InChI=1S/C23H23N3O5S/c27-20(24-16-6-8-18(9-7-16)31-17-4-2-1-3-5-17)14-19-23(29)25-21(32-19)15-22(28)26-10-12-30-13-11-26/h1-9,19H,10-15H2,(H,24,27)/t19-/m1/s1. The van der Waals surface area contributed by atoms with Crippen LogP contribution in [-0.4, -0.2) is 59.2 Å². The fraction of sp³-hybridized carbons (Fsp3) is 0.304. The van der Waals surface area contributed by atoms with Crippen molar-refractivity contribution in [2.75, 3.05) is 31.6 Å². The first-order chi connectivity index (χ1) is 15.6. The van der Waals surface area contributed by atoms with Crippen LogP contribution >= 0.6 is 11.8 Å². The summed E-state index contributed by atoms with van der Waals surface area (Å²) in [6.45, 7) is 2.14. The SMILES string of the molecule is O=C(C[C@H]1SC(CC(=O)N2CCOCC2)=NC1=O)Nc1ccc(Oc2ccccc2)cc1. The second-order valence-electron chi connectivity index (χ2n) is 7.31. The number of nitrogens with one attached hydrogen (secondary N) is 1. The Hall–Kier alpha value is -3.17. The van der Waals surface area contributed by atoms with Gasteiger partial charge in [-0.15, -0.1) is 0 Å². The van der Waals surface area contributed by atoms with Crippen molar-refractivity contribution >= 4 is 40.2 Å².